The number of carbonyl (C=O) groups is 1. The smallest absolute Gasteiger partial charge is 0.336 e. The average Bonchev–Trinajstić information content (AvgIpc) is 2.27. The molecule has 3 nitrogen and oxygen atoms in total. The van der Waals surface area contributed by atoms with E-state index >= 15 is 0 Å². The number of aliphatic hydroxyl groups is 1. The number of aliphatic hydroxyl groups excluding tert-OH is 1. The number of benzene rings is 1. The Labute approximate surface area is 93.4 Å². The molecule has 82 valence electrons. The van der Waals surface area contributed by atoms with Crippen molar-refractivity contribution in [3.05, 3.63) is 35.9 Å². The van der Waals surface area contributed by atoms with Gasteiger partial charge in [0.15, 0.2) is 6.10 Å². The van der Waals surface area contributed by atoms with Crippen molar-refractivity contribution < 1.29 is 14.6 Å². The minimum absolute atomic E-state index is 0.213. The number of rotatable bonds is 5. The Balaban J connectivity index is 2.34. The highest BCUT2D eigenvalue weighted by Gasteiger charge is 2.15. The SMILES string of the molecule is CSCC(O)C(=O)OCc1ccccc1. The Morgan fingerprint density at radius 3 is 2.73 bits per heavy atom. The van der Waals surface area contributed by atoms with Crippen molar-refractivity contribution in [2.45, 2.75) is 12.7 Å². The largest absolute Gasteiger partial charge is 0.459 e. The van der Waals surface area contributed by atoms with Crippen LogP contribution in [-0.4, -0.2) is 29.2 Å². The molecule has 0 aromatic heterocycles. The molecule has 1 rings (SSSR count). The van der Waals surface area contributed by atoms with Gasteiger partial charge in [0.05, 0.1) is 0 Å². The van der Waals surface area contributed by atoms with Crippen molar-refractivity contribution in [3.63, 3.8) is 0 Å². The highest BCUT2D eigenvalue weighted by Crippen LogP contribution is 2.04. The van der Waals surface area contributed by atoms with E-state index < -0.39 is 12.1 Å². The summed E-state index contributed by atoms with van der Waals surface area (Å²) in [6.07, 6.45) is 0.803. The van der Waals surface area contributed by atoms with Gasteiger partial charge in [0, 0.05) is 5.75 Å². The monoisotopic (exact) mass is 226 g/mol. The molecule has 4 heteroatoms. The van der Waals surface area contributed by atoms with Gasteiger partial charge in [-0.15, -0.1) is 0 Å². The lowest BCUT2D eigenvalue weighted by molar-refractivity contribution is -0.153. The Bertz CT molecular complexity index is 300. The van der Waals surface area contributed by atoms with Crippen LogP contribution in [-0.2, 0) is 16.1 Å². The summed E-state index contributed by atoms with van der Waals surface area (Å²) in [5.41, 5.74) is 0.919. The number of hydrogen-bond donors (Lipinski definition) is 1. The number of carbonyl (C=O) groups excluding carboxylic acids is 1. The molecule has 1 aromatic rings. The number of ether oxygens (including phenoxy) is 1. The summed E-state index contributed by atoms with van der Waals surface area (Å²) in [5, 5.41) is 9.30. The van der Waals surface area contributed by atoms with Gasteiger partial charge < -0.3 is 9.84 Å². The van der Waals surface area contributed by atoms with E-state index in [0.29, 0.717) is 5.75 Å². The van der Waals surface area contributed by atoms with Crippen LogP contribution >= 0.6 is 11.8 Å². The molecule has 0 aliphatic heterocycles. The van der Waals surface area contributed by atoms with Crippen LogP contribution in [0.4, 0.5) is 0 Å². The van der Waals surface area contributed by atoms with Crippen LogP contribution in [0, 0.1) is 0 Å². The minimum Gasteiger partial charge on any atom is -0.459 e. The van der Waals surface area contributed by atoms with Crippen LogP contribution in [0.3, 0.4) is 0 Å². The summed E-state index contributed by atoms with van der Waals surface area (Å²) < 4.78 is 4.94. The Hall–Kier alpha value is -1.00. The standard InChI is InChI=1S/C11H14O3S/c1-15-8-10(12)11(13)14-7-9-5-3-2-4-6-9/h2-6,10,12H,7-8H2,1H3. The van der Waals surface area contributed by atoms with E-state index in [1.54, 1.807) is 0 Å². The molecule has 0 fully saturated rings. The lowest BCUT2D eigenvalue weighted by Gasteiger charge is -2.09. The molecule has 1 aromatic carbocycles. The maximum Gasteiger partial charge on any atom is 0.336 e. The van der Waals surface area contributed by atoms with Crippen molar-refractivity contribution in [3.8, 4) is 0 Å². The first kappa shape index (κ1) is 12.1. The first-order valence-corrected chi connectivity index (χ1v) is 6.01. The van der Waals surface area contributed by atoms with Crippen molar-refractivity contribution in [2.24, 2.45) is 0 Å². The Morgan fingerprint density at radius 2 is 2.13 bits per heavy atom. The van der Waals surface area contributed by atoms with Gasteiger partial charge in [-0.1, -0.05) is 30.3 Å². The van der Waals surface area contributed by atoms with Crippen LogP contribution in [0.1, 0.15) is 5.56 Å². The molecule has 15 heavy (non-hydrogen) atoms. The third kappa shape index (κ3) is 4.36. The lowest BCUT2D eigenvalue weighted by Crippen LogP contribution is -2.25. The van der Waals surface area contributed by atoms with E-state index in [0.717, 1.165) is 5.56 Å². The van der Waals surface area contributed by atoms with Gasteiger partial charge in [0.25, 0.3) is 0 Å². The molecule has 0 bridgehead atoms. The van der Waals surface area contributed by atoms with Crippen LogP contribution in [0.15, 0.2) is 30.3 Å². The fourth-order valence-electron chi connectivity index (χ4n) is 1.05. The van der Waals surface area contributed by atoms with Gasteiger partial charge in [-0.3, -0.25) is 0 Å². The molecule has 0 aliphatic carbocycles. The molecule has 1 N–H and O–H groups in total. The summed E-state index contributed by atoms with van der Waals surface area (Å²) in [5.74, 6) is -0.193. The van der Waals surface area contributed by atoms with Crippen molar-refractivity contribution in [2.75, 3.05) is 12.0 Å². The zero-order valence-corrected chi connectivity index (χ0v) is 9.37. The predicted octanol–water partition coefficient (Wildman–Crippen LogP) is 1.45. The molecule has 0 aliphatic rings. The van der Waals surface area contributed by atoms with E-state index in [9.17, 15) is 9.90 Å². The third-order valence-electron chi connectivity index (χ3n) is 1.82. The first-order chi connectivity index (χ1) is 7.24. The van der Waals surface area contributed by atoms with Crippen LogP contribution in [0.25, 0.3) is 0 Å². The highest BCUT2D eigenvalue weighted by atomic mass is 32.2. The van der Waals surface area contributed by atoms with E-state index in [-0.39, 0.29) is 6.61 Å². The molecule has 1 atom stereocenters. The number of hydrogen-bond acceptors (Lipinski definition) is 4. The van der Waals surface area contributed by atoms with E-state index in [1.807, 2.05) is 36.6 Å². The number of thioether (sulfide) groups is 1. The van der Waals surface area contributed by atoms with Gasteiger partial charge in [-0.25, -0.2) is 4.79 Å². The molecular formula is C11H14O3S. The molecular weight excluding hydrogens is 212 g/mol. The number of esters is 1. The maximum atomic E-state index is 11.2. The predicted molar refractivity (Wildman–Crippen MR) is 60.6 cm³/mol. The van der Waals surface area contributed by atoms with Gasteiger partial charge in [0.1, 0.15) is 6.61 Å². The first-order valence-electron chi connectivity index (χ1n) is 4.61. The molecule has 0 saturated carbocycles. The van der Waals surface area contributed by atoms with E-state index in [1.165, 1.54) is 11.8 Å². The second-order valence-corrected chi connectivity index (χ2v) is 3.98. The van der Waals surface area contributed by atoms with Crippen molar-refractivity contribution in [1.82, 2.24) is 0 Å². The van der Waals surface area contributed by atoms with Gasteiger partial charge in [-0.2, -0.15) is 11.8 Å². The Morgan fingerprint density at radius 1 is 1.47 bits per heavy atom. The molecule has 0 amide bonds. The molecule has 0 heterocycles. The zero-order chi connectivity index (χ0) is 11.1. The molecule has 1 unspecified atom stereocenters. The second-order valence-electron chi connectivity index (χ2n) is 3.06. The minimum atomic E-state index is -1.02. The highest BCUT2D eigenvalue weighted by molar-refractivity contribution is 7.98. The Kier molecular flexibility index (Phi) is 5.21. The van der Waals surface area contributed by atoms with Gasteiger partial charge in [0.2, 0.25) is 0 Å². The summed E-state index contributed by atoms with van der Waals surface area (Å²) >= 11 is 1.41. The normalized spacial score (nSPS) is 12.1. The van der Waals surface area contributed by atoms with Gasteiger partial charge in [-0.05, 0) is 11.8 Å². The summed E-state index contributed by atoms with van der Waals surface area (Å²) in [6, 6.07) is 9.39. The lowest BCUT2D eigenvalue weighted by atomic mass is 10.2. The van der Waals surface area contributed by atoms with Crippen LogP contribution < -0.4 is 0 Å². The van der Waals surface area contributed by atoms with Crippen LogP contribution in [0.5, 0.6) is 0 Å². The van der Waals surface area contributed by atoms with Crippen molar-refractivity contribution in [1.29, 1.82) is 0 Å². The van der Waals surface area contributed by atoms with Gasteiger partial charge >= 0.3 is 5.97 Å². The topological polar surface area (TPSA) is 46.5 Å². The average molecular weight is 226 g/mol. The second kappa shape index (κ2) is 6.48. The fraction of sp³-hybridized carbons (Fsp3) is 0.364. The third-order valence-corrected chi connectivity index (χ3v) is 2.47. The van der Waals surface area contributed by atoms with E-state index in [4.69, 9.17) is 4.74 Å². The van der Waals surface area contributed by atoms with Crippen LogP contribution in [0.2, 0.25) is 0 Å². The van der Waals surface area contributed by atoms with Crippen molar-refractivity contribution >= 4 is 17.7 Å². The molecule has 0 saturated heterocycles. The summed E-state index contributed by atoms with van der Waals surface area (Å²) in [7, 11) is 0. The maximum absolute atomic E-state index is 11.2. The molecule has 0 radical (unpaired) electrons. The molecule has 0 spiro atoms. The summed E-state index contributed by atoms with van der Waals surface area (Å²) in [6.45, 7) is 0.213. The zero-order valence-electron chi connectivity index (χ0n) is 8.55. The van der Waals surface area contributed by atoms with E-state index in [2.05, 4.69) is 0 Å². The fourth-order valence-corrected chi connectivity index (χ4v) is 1.50. The summed E-state index contributed by atoms with van der Waals surface area (Å²) in [4.78, 5) is 11.2. The quantitative estimate of drug-likeness (QED) is 0.772.